The van der Waals surface area contributed by atoms with Crippen LogP contribution in [0.5, 0.6) is 11.5 Å². The first-order valence-electron chi connectivity index (χ1n) is 7.20. The van der Waals surface area contributed by atoms with Gasteiger partial charge in [-0.3, -0.25) is 14.8 Å². The minimum Gasteiger partial charge on any atom is -0.454 e. The van der Waals surface area contributed by atoms with Gasteiger partial charge in [-0.15, -0.1) is 0 Å². The lowest BCUT2D eigenvalue weighted by atomic mass is 10.3. The van der Waals surface area contributed by atoms with E-state index in [2.05, 4.69) is 15.4 Å². The number of carbonyl (C=O) groups is 1. The predicted octanol–water partition coefficient (Wildman–Crippen LogP) is 2.80. The summed E-state index contributed by atoms with van der Waals surface area (Å²) in [6.45, 7) is 4.87. The molecule has 3 heterocycles. The highest BCUT2D eigenvalue weighted by atomic mass is 32.1. The molecule has 1 aliphatic heterocycles. The number of anilines is 1. The molecule has 4 rings (SSSR count). The molecule has 0 saturated carbocycles. The Labute approximate surface area is 135 Å². The van der Waals surface area contributed by atoms with E-state index in [0.717, 1.165) is 22.5 Å². The zero-order valence-corrected chi connectivity index (χ0v) is 13.4. The van der Waals surface area contributed by atoms with Crippen molar-refractivity contribution in [3.05, 3.63) is 29.6 Å². The van der Waals surface area contributed by atoms with Gasteiger partial charge in [0.2, 0.25) is 6.79 Å². The number of aryl methyl sites for hydroxylation is 2. The van der Waals surface area contributed by atoms with Crippen LogP contribution in [0.15, 0.2) is 18.2 Å². The Morgan fingerprint density at radius 1 is 1.35 bits per heavy atom. The van der Waals surface area contributed by atoms with E-state index >= 15 is 0 Å². The number of carbonyl (C=O) groups excluding carboxylic acids is 1. The number of fused-ring (bicyclic) bond motifs is 2. The lowest BCUT2D eigenvalue weighted by Gasteiger charge is -1.98. The Hall–Kier alpha value is -2.61. The quantitative estimate of drug-likeness (QED) is 0.799. The van der Waals surface area contributed by atoms with Gasteiger partial charge >= 0.3 is 0 Å². The number of ether oxygens (including phenoxy) is 2. The molecule has 7 nitrogen and oxygen atoms in total. The van der Waals surface area contributed by atoms with Gasteiger partial charge in [0.1, 0.15) is 0 Å². The minimum atomic E-state index is -0.264. The van der Waals surface area contributed by atoms with Gasteiger partial charge in [0, 0.05) is 24.4 Å². The highest BCUT2D eigenvalue weighted by Crippen LogP contribution is 2.38. The van der Waals surface area contributed by atoms with E-state index < -0.39 is 0 Å². The lowest BCUT2D eigenvalue weighted by Crippen LogP contribution is -2.13. The molecule has 0 atom stereocenters. The summed E-state index contributed by atoms with van der Waals surface area (Å²) in [6, 6.07) is 5.46. The van der Waals surface area contributed by atoms with E-state index in [1.807, 2.05) is 26.0 Å². The topological polar surface area (TPSA) is 78.3 Å². The second-order valence-corrected chi connectivity index (χ2v) is 6.16. The Kier molecular flexibility index (Phi) is 3.19. The normalized spacial score (nSPS) is 12.8. The van der Waals surface area contributed by atoms with Gasteiger partial charge in [-0.2, -0.15) is 5.10 Å². The standard InChI is InChI=1S/C15H14N4O3S/c1-3-19-8(2)4-10(18-19)14(20)17-15-16-9-5-11-12(22-7-21-11)6-13(9)23-15/h4-6H,3,7H2,1-2H3,(H,16,17,20). The van der Waals surface area contributed by atoms with Crippen molar-refractivity contribution in [3.63, 3.8) is 0 Å². The van der Waals surface area contributed by atoms with Crippen LogP contribution in [0.3, 0.4) is 0 Å². The molecule has 23 heavy (non-hydrogen) atoms. The molecule has 0 saturated heterocycles. The molecule has 0 bridgehead atoms. The number of rotatable bonds is 3. The predicted molar refractivity (Wildman–Crippen MR) is 86.3 cm³/mol. The third-order valence-corrected chi connectivity index (χ3v) is 4.55. The number of hydrogen-bond donors (Lipinski definition) is 1. The largest absolute Gasteiger partial charge is 0.454 e. The fourth-order valence-electron chi connectivity index (χ4n) is 2.47. The number of hydrogen-bond acceptors (Lipinski definition) is 6. The average Bonchev–Trinajstić information content (AvgIpc) is 3.21. The van der Waals surface area contributed by atoms with Crippen molar-refractivity contribution in [1.29, 1.82) is 0 Å². The maximum absolute atomic E-state index is 12.3. The molecule has 0 unspecified atom stereocenters. The summed E-state index contributed by atoms with van der Waals surface area (Å²) in [7, 11) is 0. The highest BCUT2D eigenvalue weighted by Gasteiger charge is 2.18. The maximum atomic E-state index is 12.3. The third-order valence-electron chi connectivity index (χ3n) is 3.62. The summed E-state index contributed by atoms with van der Waals surface area (Å²) < 4.78 is 13.4. The van der Waals surface area contributed by atoms with E-state index in [4.69, 9.17) is 9.47 Å². The van der Waals surface area contributed by atoms with Gasteiger partial charge in [-0.1, -0.05) is 11.3 Å². The Morgan fingerprint density at radius 2 is 2.13 bits per heavy atom. The maximum Gasteiger partial charge on any atom is 0.277 e. The third kappa shape index (κ3) is 2.40. The first-order chi connectivity index (χ1) is 11.1. The molecular formula is C15H14N4O3S. The molecule has 0 radical (unpaired) electrons. The van der Waals surface area contributed by atoms with Crippen molar-refractivity contribution >= 4 is 32.6 Å². The summed E-state index contributed by atoms with van der Waals surface area (Å²) in [5, 5.41) is 7.59. The van der Waals surface area contributed by atoms with Gasteiger partial charge in [-0.05, 0) is 19.9 Å². The van der Waals surface area contributed by atoms with E-state index in [9.17, 15) is 4.79 Å². The molecule has 1 aliphatic rings. The van der Waals surface area contributed by atoms with Gasteiger partial charge in [0.05, 0.1) is 10.2 Å². The Bertz CT molecular complexity index is 874. The molecule has 0 aliphatic carbocycles. The zero-order valence-electron chi connectivity index (χ0n) is 12.6. The number of nitrogens with one attached hydrogen (secondary N) is 1. The Balaban J connectivity index is 1.60. The van der Waals surface area contributed by atoms with Crippen LogP contribution >= 0.6 is 11.3 Å². The SMILES string of the molecule is CCn1nc(C(=O)Nc2nc3cc4c(cc3s2)OCO4)cc1C. The van der Waals surface area contributed by atoms with Crippen molar-refractivity contribution in [1.82, 2.24) is 14.8 Å². The number of thiazole rings is 1. The van der Waals surface area contributed by atoms with E-state index in [-0.39, 0.29) is 12.7 Å². The monoisotopic (exact) mass is 330 g/mol. The van der Waals surface area contributed by atoms with E-state index in [1.54, 1.807) is 10.7 Å². The first-order valence-corrected chi connectivity index (χ1v) is 8.01. The van der Waals surface area contributed by atoms with E-state index in [1.165, 1.54) is 11.3 Å². The van der Waals surface area contributed by atoms with Crippen molar-refractivity contribution < 1.29 is 14.3 Å². The molecule has 0 fully saturated rings. The first kappa shape index (κ1) is 14.0. The summed E-state index contributed by atoms with van der Waals surface area (Å²) in [5.74, 6) is 1.12. The summed E-state index contributed by atoms with van der Waals surface area (Å²) in [5.41, 5.74) is 2.11. The zero-order chi connectivity index (χ0) is 16.0. The van der Waals surface area contributed by atoms with Crippen LogP contribution < -0.4 is 14.8 Å². The fourth-order valence-corrected chi connectivity index (χ4v) is 3.35. The number of amides is 1. The summed E-state index contributed by atoms with van der Waals surface area (Å²) >= 11 is 1.39. The van der Waals surface area contributed by atoms with Crippen LogP contribution in [0.4, 0.5) is 5.13 Å². The van der Waals surface area contributed by atoms with Crippen molar-refractivity contribution in [2.75, 3.05) is 12.1 Å². The van der Waals surface area contributed by atoms with Gasteiger partial charge in [0.15, 0.2) is 22.3 Å². The number of benzene rings is 1. The Morgan fingerprint density at radius 3 is 2.87 bits per heavy atom. The van der Waals surface area contributed by atoms with Crippen LogP contribution in [-0.2, 0) is 6.54 Å². The van der Waals surface area contributed by atoms with Crippen molar-refractivity contribution in [2.24, 2.45) is 0 Å². The molecule has 2 aromatic heterocycles. The molecule has 0 spiro atoms. The second kappa shape index (κ2) is 5.24. The average molecular weight is 330 g/mol. The molecule has 118 valence electrons. The number of aromatic nitrogens is 3. The molecule has 1 amide bonds. The van der Waals surface area contributed by atoms with Gasteiger partial charge < -0.3 is 9.47 Å². The van der Waals surface area contributed by atoms with Gasteiger partial charge in [0.25, 0.3) is 5.91 Å². The fraction of sp³-hybridized carbons (Fsp3) is 0.267. The van der Waals surface area contributed by atoms with Crippen LogP contribution in [-0.4, -0.2) is 27.5 Å². The van der Waals surface area contributed by atoms with Crippen LogP contribution in [0.2, 0.25) is 0 Å². The second-order valence-electron chi connectivity index (χ2n) is 5.13. The summed E-state index contributed by atoms with van der Waals surface area (Å²) in [4.78, 5) is 16.7. The molecule has 1 N–H and O–H groups in total. The van der Waals surface area contributed by atoms with Gasteiger partial charge in [-0.25, -0.2) is 4.98 Å². The molecular weight excluding hydrogens is 316 g/mol. The lowest BCUT2D eigenvalue weighted by molar-refractivity contribution is 0.102. The smallest absolute Gasteiger partial charge is 0.277 e. The summed E-state index contributed by atoms with van der Waals surface area (Å²) in [6.07, 6.45) is 0. The van der Waals surface area contributed by atoms with Crippen LogP contribution in [0, 0.1) is 6.92 Å². The van der Waals surface area contributed by atoms with Crippen LogP contribution in [0.1, 0.15) is 23.1 Å². The molecule has 3 aromatic rings. The van der Waals surface area contributed by atoms with Crippen molar-refractivity contribution in [2.45, 2.75) is 20.4 Å². The molecule has 1 aromatic carbocycles. The highest BCUT2D eigenvalue weighted by molar-refractivity contribution is 7.22. The number of nitrogens with zero attached hydrogens (tertiary/aromatic N) is 3. The van der Waals surface area contributed by atoms with Crippen LogP contribution in [0.25, 0.3) is 10.2 Å². The van der Waals surface area contributed by atoms with Crippen molar-refractivity contribution in [3.8, 4) is 11.5 Å². The molecule has 8 heteroatoms. The van der Waals surface area contributed by atoms with E-state index in [0.29, 0.717) is 22.3 Å². The minimum absolute atomic E-state index is 0.232.